The molecule has 59 heteroatoms. The molecule has 1 fully saturated rings. The van der Waals surface area contributed by atoms with Gasteiger partial charge in [-0.3, -0.25) is 51.5 Å². The Balaban J connectivity index is -0.0000000124. The summed E-state index contributed by atoms with van der Waals surface area (Å²) in [7, 11) is 5.84. The number of rotatable bonds is 11. The molecule has 5 rings (SSSR count). The molecule has 5 heterocycles. The number of thiophene rings is 2. The van der Waals surface area contributed by atoms with Gasteiger partial charge in [-0.1, -0.05) is 127 Å². The van der Waals surface area contributed by atoms with Gasteiger partial charge >= 0.3 is 138 Å². The van der Waals surface area contributed by atoms with Crippen molar-refractivity contribution in [2.24, 2.45) is 10.2 Å². The van der Waals surface area contributed by atoms with Gasteiger partial charge in [-0.2, -0.15) is 172 Å². The molecular weight excluding hydrogens is 2590 g/mol. The number of aliphatic hydroxyl groups is 4. The van der Waals surface area contributed by atoms with Crippen molar-refractivity contribution in [1.82, 2.24) is 0 Å². The fourth-order valence-electron chi connectivity index (χ4n) is 4.32. The number of thiol groups is 1. The maximum atomic E-state index is 10.7. The molecule has 1 radical (unpaired) electrons. The number of nitrogens with zero attached hydrogens (tertiary/aromatic N) is 1. The second kappa shape index (κ2) is 347. The first-order valence-electron chi connectivity index (χ1n) is 31.1. The number of unbranched alkanes of at least 4 members (excludes halogenated alkanes) is 1. The number of fused-ring (bicyclic) bond motifs is 1. The van der Waals surface area contributed by atoms with Crippen molar-refractivity contribution < 1.29 is 147 Å². The van der Waals surface area contributed by atoms with Crippen LogP contribution in [0.3, 0.4) is 0 Å². The van der Waals surface area contributed by atoms with Gasteiger partial charge in [0.15, 0.2) is 0 Å². The van der Waals surface area contributed by atoms with Gasteiger partial charge in [0, 0.05) is 76.6 Å². The number of halogens is 14. The Hall–Kier alpha value is 4.87. The number of alkyl halides is 5. The largest absolute Gasteiger partial charge is 0.152 e. The summed E-state index contributed by atoms with van der Waals surface area (Å²) in [5, 5.41) is 48.8. The van der Waals surface area contributed by atoms with Crippen LogP contribution in [0.5, 0.6) is 0 Å². The van der Waals surface area contributed by atoms with E-state index in [1.165, 1.54) is 111 Å². The molecule has 23 nitrogen and oxygen atoms in total. The van der Waals surface area contributed by atoms with Gasteiger partial charge in [0.1, 0.15) is 13.1 Å². The summed E-state index contributed by atoms with van der Waals surface area (Å²) in [6.07, 6.45) is 22.6. The fraction of sp³-hybridized carbons (Fsp3) is 0.642. The number of aldehydes is 1. The van der Waals surface area contributed by atoms with E-state index in [9.17, 15) is 23.2 Å². The average Bonchev–Trinajstić information content (AvgIpc) is 1.69. The van der Waals surface area contributed by atoms with Crippen molar-refractivity contribution in [3.05, 3.63) is 100 Å². The Morgan fingerprint density at radius 3 is 1.13 bits per heavy atom. The van der Waals surface area contributed by atoms with Crippen molar-refractivity contribution >= 4 is 427 Å². The third-order valence-corrected chi connectivity index (χ3v) is 23.9. The number of allylic oxidation sites excluding steroid dienone is 3. The molecule has 3 aliphatic heterocycles. The summed E-state index contributed by atoms with van der Waals surface area (Å²) in [6, 6.07) is 5.95. The number of carbonyl (C=O) groups is 6. The van der Waals surface area contributed by atoms with E-state index < -0.39 is 57.2 Å². The summed E-state index contributed by atoms with van der Waals surface area (Å²) in [4.78, 5) is 72.0. The summed E-state index contributed by atoms with van der Waals surface area (Å²) >= 11 is 30.9. The number of aliphatic hydroxyl groups excluding tert-OH is 4. The summed E-state index contributed by atoms with van der Waals surface area (Å²) in [6.45, 7) is 33.7. The maximum absolute atomic E-state index is 10.7. The molecular formula is C67H185BBr4Cl3F7NO22S19Sn2. The number of esters is 2. The van der Waals surface area contributed by atoms with Crippen LogP contribution in [-0.4, -0.2) is 242 Å². The smallest absolute Gasteiger partial charge is 0.00934 e. The van der Waals surface area contributed by atoms with Crippen LogP contribution in [0, 0.1) is 5.92 Å². The van der Waals surface area contributed by atoms with E-state index in [1.807, 2.05) is 102 Å². The van der Waals surface area contributed by atoms with Crippen LogP contribution in [0.2, 0.25) is 29.6 Å². The Morgan fingerprint density at radius 2 is 1.02 bits per heavy atom. The van der Waals surface area contributed by atoms with Gasteiger partial charge in [-0.05, 0) is 120 Å². The number of hydrogen-bond donors (Lipinski definition) is 6. The Bertz CT molecular complexity index is 1800. The first-order valence-corrected chi connectivity index (χ1v) is 61.1. The third-order valence-electron chi connectivity index (χ3n) is 7.20. The van der Waals surface area contributed by atoms with Crippen LogP contribution in [0.4, 0.5) is 32.3 Å². The molecule has 3 aliphatic rings. The Morgan fingerprint density at radius 1 is 0.730 bits per heavy atom. The molecule has 126 heavy (non-hydrogen) atoms. The van der Waals surface area contributed by atoms with Crippen LogP contribution in [0.1, 0.15) is 162 Å². The second-order valence-electron chi connectivity index (χ2n) is 17.5. The molecule has 813 valence electrons. The molecule has 1 atom stereocenters. The average molecular weight is 2770 g/mol. The second-order valence-corrected chi connectivity index (χ2v) is 50.6. The van der Waals surface area contributed by atoms with Crippen molar-refractivity contribution in [2.75, 3.05) is 84.4 Å². The molecule has 2 aromatic heterocycles. The number of ether oxygens (including phenoxy) is 2. The normalized spacial score (nSPS) is 7.99. The first kappa shape index (κ1) is 299. The van der Waals surface area contributed by atoms with Gasteiger partial charge in [0.25, 0.3) is 11.7 Å². The zero-order chi connectivity index (χ0) is 82.4. The van der Waals surface area contributed by atoms with E-state index in [4.69, 9.17) is 80.8 Å². The Kier molecular flexibility index (Phi) is 824. The van der Waals surface area contributed by atoms with E-state index in [1.54, 1.807) is 43.8 Å². The fourth-order valence-corrected chi connectivity index (χ4v) is 16.9. The van der Waals surface area contributed by atoms with Crippen molar-refractivity contribution in [3.63, 3.8) is 0 Å². The predicted molar refractivity (Wildman–Crippen MR) is 656 cm³/mol. The van der Waals surface area contributed by atoms with E-state index in [0.29, 0.717) is 24.6 Å². The van der Waals surface area contributed by atoms with Crippen LogP contribution in [-0.2, 0) is 45.0 Å². The topological polar surface area (TPSA) is 518 Å². The van der Waals surface area contributed by atoms with Gasteiger partial charge in [-0.15, -0.1) is 121 Å². The number of carboxylic acid groups (broad SMARTS) is 1. The third kappa shape index (κ3) is 457. The zero-order valence-electron chi connectivity index (χ0n) is 78.5. The standard InChI is InChI=1S/C8H18O.C7H5ClOS2.C4H6O3.C4H8O.C4H6S.C4H4S.C4H8S.C4H7S.C4H6S.2C3H8.C2H6O.C2H4O.CH3Br.CH2Cl2.2CH3F.CH2O2.2CH4O.CH2O.6CH3.BHNS.3BrH.5FH.9H2O.11H2S.2Sn.H/c1-3-5-6-8(4-2)7-9;8-7(9)5-1-4-2-10-3-6(4)11-5;1-3(5)7-4(2)6;3*1-2-4-5-3-1;2*1-3-4-5-2;1-3-5-4-2;2*1-3-2;2*1-2-3;1-2;2-1-3;2*1-2;2-1-3;3*1-2;;;;;;;1-2-3;;;;;;;;;;;;;;;;;;;;;;;;;;;;;;;/h8-9H,3-7H2,1-2H3;1H,2-3H2;1-2H3;1-4H2;1,3H,2,4H2;1-4H;3-4H,1-2H3;3H,1-2H3;3-4H,1-2H2;2*3H2,1-2H3;3H,2H2,1H3;2H,1H3;1H3;1H2;2*1H3;1H,(H,2,3);2*2H,1H3;1H2;6*1H3;3H;8*1H;20*1H2;;;/b;;;;;;4-3-;;;;;;;;;;;;;;;;;;;;;;;;;;;;;;;;;;;;;;;;;;;;;;;;;;;;/i;;;;;;;;;;;;;;;1D;;;;;;;;;;;;;;;;;;;;;;;;;;;;;;;;;;;;;;;;;;;. The van der Waals surface area contributed by atoms with E-state index in [0.717, 1.165) is 51.6 Å². The van der Waals surface area contributed by atoms with Gasteiger partial charge in [0.05, 0.1) is 25.9 Å². The SMILES string of the molecule is Br.Br.Br.C/C=C\SC.C/C=[C](\SC)[Sn]([CH3])([CH3])[CH3].C1=CSCC1.C1CCOC1.C=CSC=C.C=O.CBr.CC(=O)OC(C)=O.CC=O.CCC.CCC.CCCCC(CC)CO.CCO.CF.CO.CO.ClCCl.F.F.F.F.F.O.O.O.O.O.O.O.O.O.O=C(Cl)c1cc2c(s1)CSC2.O=CO.S.S.S.S.S.S.S.S.S.S.S.[2H]CF.[B]=NS.[CH3][SnH]([CH3])[CH3].c1ccsc1. The zero-order valence-corrected chi connectivity index (χ0v) is 110. The molecule has 0 amide bonds. The molecule has 2 aromatic rings. The van der Waals surface area contributed by atoms with E-state index >= 15 is 0 Å². The van der Waals surface area contributed by atoms with E-state index in [-0.39, 0.29) is 296 Å². The van der Waals surface area contributed by atoms with Gasteiger partial charge < -0.3 is 93.9 Å². The summed E-state index contributed by atoms with van der Waals surface area (Å²) < 4.78 is 38.3. The van der Waals surface area contributed by atoms with Crippen LogP contribution < -0.4 is 0 Å². The van der Waals surface area contributed by atoms with Crippen LogP contribution >= 0.6 is 344 Å². The number of thioether (sulfide) groups is 5. The number of hydrogen-bond acceptors (Lipinski definition) is 21. The minimum absolute atomic E-state index is 0. The Labute approximate surface area is 938 Å². The quantitative estimate of drug-likeness (QED) is 0.0178. The molecule has 0 aromatic carbocycles. The van der Waals surface area contributed by atoms with Crippen LogP contribution in [0.25, 0.3) is 0 Å². The molecule has 0 bridgehead atoms. The molecule has 1 unspecified atom stereocenters. The molecule has 0 saturated carbocycles. The van der Waals surface area contributed by atoms with Gasteiger partial charge in [0.2, 0.25) is 0 Å². The number of carbonyl (C=O) groups excluding carboxylic acids is 5. The minimum atomic E-state index is -1.63. The van der Waals surface area contributed by atoms with E-state index in [2.05, 4.69) is 160 Å². The van der Waals surface area contributed by atoms with Crippen molar-refractivity contribution in [3.8, 4) is 0 Å². The van der Waals surface area contributed by atoms with Crippen molar-refractivity contribution in [1.29, 1.82) is 0 Å². The summed E-state index contributed by atoms with van der Waals surface area (Å²) in [5.41, 5.74) is 1.30. The maximum Gasteiger partial charge on any atom is -0.00934 e. The monoisotopic (exact) mass is 2770 g/mol. The predicted octanol–water partition coefficient (Wildman–Crippen LogP) is 19.3. The van der Waals surface area contributed by atoms with Gasteiger partial charge in [-0.25, -0.2) is 0 Å². The molecule has 23 N–H and O–H groups in total. The molecule has 1 saturated heterocycles. The van der Waals surface area contributed by atoms with Crippen LogP contribution in [0.15, 0.2) is 89.2 Å². The molecule has 0 aliphatic carbocycles. The minimum Gasteiger partial charge on any atom is -0.152 e. The first-order chi connectivity index (χ1) is 47.1. The van der Waals surface area contributed by atoms with Crippen molar-refractivity contribution in [2.45, 2.75) is 182 Å². The summed E-state index contributed by atoms with van der Waals surface area (Å²) in [5.74, 6) is 4.64. The molecule has 0 spiro atoms.